The number of anilines is 1. The summed E-state index contributed by atoms with van der Waals surface area (Å²) in [5.41, 5.74) is 9.79. The molecular weight excluding hydrogens is 364 g/mol. The Morgan fingerprint density at radius 2 is 2.03 bits per heavy atom. The van der Waals surface area contributed by atoms with Gasteiger partial charge in [0, 0.05) is 11.9 Å². The van der Waals surface area contributed by atoms with Crippen molar-refractivity contribution in [1.82, 2.24) is 0 Å². The summed E-state index contributed by atoms with van der Waals surface area (Å²) in [6.45, 7) is 6.84. The van der Waals surface area contributed by atoms with Gasteiger partial charge in [0.15, 0.2) is 0 Å². The second-order valence-corrected chi connectivity index (χ2v) is 8.72. The number of ether oxygens (including phenoxy) is 1. The number of rotatable bonds is 2. The lowest BCUT2D eigenvalue weighted by Crippen LogP contribution is -2.39. The zero-order chi connectivity index (χ0) is 20.6. The molecule has 3 N–H and O–H groups in total. The third-order valence-corrected chi connectivity index (χ3v) is 5.46. The predicted molar refractivity (Wildman–Crippen MR) is 116 cm³/mol. The third kappa shape index (κ3) is 3.88. The fourth-order valence-corrected chi connectivity index (χ4v) is 4.34. The summed E-state index contributed by atoms with van der Waals surface area (Å²) in [5.74, 6) is -0.253. The van der Waals surface area contributed by atoms with Gasteiger partial charge in [-0.2, -0.15) is 0 Å². The maximum absolute atomic E-state index is 12.8. The predicted octanol–water partition coefficient (Wildman–Crippen LogP) is 3.61. The van der Waals surface area contributed by atoms with Crippen molar-refractivity contribution in [2.24, 2.45) is 21.1 Å². The first-order chi connectivity index (χ1) is 13.8. The Labute approximate surface area is 171 Å². The monoisotopic (exact) mass is 390 g/mol. The van der Waals surface area contributed by atoms with Crippen LogP contribution in [-0.2, 0) is 21.5 Å². The fourth-order valence-electron chi connectivity index (χ4n) is 4.34. The average molecular weight is 390 g/mol. The van der Waals surface area contributed by atoms with Gasteiger partial charge in [0.05, 0.1) is 0 Å². The summed E-state index contributed by atoms with van der Waals surface area (Å²) < 4.78 is 5.55. The lowest BCUT2D eigenvalue weighted by atomic mass is 9.65. The maximum atomic E-state index is 12.8. The minimum Gasteiger partial charge on any atom is -0.462 e. The van der Waals surface area contributed by atoms with Crippen molar-refractivity contribution in [3.8, 4) is 0 Å². The van der Waals surface area contributed by atoms with E-state index in [2.05, 4.69) is 35.2 Å². The minimum absolute atomic E-state index is 0.0886. The number of hydrogen-bond donors (Lipinski definition) is 2. The van der Waals surface area contributed by atoms with Gasteiger partial charge in [-0.15, -0.1) is 0 Å². The fraction of sp³-hybridized carbons (Fsp3) is 0.348. The molecule has 2 aliphatic heterocycles. The van der Waals surface area contributed by atoms with Crippen molar-refractivity contribution in [2.45, 2.75) is 39.2 Å². The van der Waals surface area contributed by atoms with Crippen LogP contribution in [0.3, 0.4) is 0 Å². The molecule has 4 rings (SSSR count). The Morgan fingerprint density at radius 3 is 2.79 bits per heavy atom. The Morgan fingerprint density at radius 1 is 1.24 bits per heavy atom. The molecule has 150 valence electrons. The van der Waals surface area contributed by atoms with Crippen molar-refractivity contribution in [2.75, 3.05) is 11.9 Å². The number of fused-ring (bicyclic) bond motifs is 2. The van der Waals surface area contributed by atoms with Crippen molar-refractivity contribution in [1.29, 1.82) is 0 Å². The molecule has 6 heteroatoms. The molecule has 1 amide bonds. The number of nitrogens with zero attached hydrogens (tertiary/aromatic N) is 2. The van der Waals surface area contributed by atoms with E-state index in [9.17, 15) is 4.79 Å². The van der Waals surface area contributed by atoms with Crippen LogP contribution < -0.4 is 11.1 Å². The number of nitrogens with one attached hydrogen (secondary N) is 1. The molecule has 0 saturated heterocycles. The molecule has 1 aliphatic carbocycles. The van der Waals surface area contributed by atoms with Gasteiger partial charge >= 0.3 is 0 Å². The van der Waals surface area contributed by atoms with Gasteiger partial charge in [0.1, 0.15) is 17.8 Å². The van der Waals surface area contributed by atoms with Gasteiger partial charge in [-0.25, -0.2) is 4.99 Å². The average Bonchev–Trinajstić information content (AvgIpc) is 2.99. The summed E-state index contributed by atoms with van der Waals surface area (Å²) in [4.78, 5) is 21.7. The number of nitrogens with two attached hydrogens (primary N) is 1. The SMILES string of the molecule is CC1=C\C=C\C=C(C(=O)Nc2ccc3c(c2)C2(COC(N)=N2)CC(C)(C)C3)/N=C\1. The zero-order valence-electron chi connectivity index (χ0n) is 17.0. The molecule has 0 aromatic heterocycles. The topological polar surface area (TPSA) is 89.1 Å². The number of hydrogen-bond acceptors (Lipinski definition) is 5. The summed E-state index contributed by atoms with van der Waals surface area (Å²) in [7, 11) is 0. The number of benzene rings is 1. The summed E-state index contributed by atoms with van der Waals surface area (Å²) in [6, 6.07) is 6.23. The van der Waals surface area contributed by atoms with Crippen LogP contribution >= 0.6 is 0 Å². The van der Waals surface area contributed by atoms with Crippen molar-refractivity contribution in [3.05, 3.63) is 64.9 Å². The number of aliphatic imine (C=N–C) groups is 2. The van der Waals surface area contributed by atoms with Gasteiger partial charge in [0.2, 0.25) is 0 Å². The largest absolute Gasteiger partial charge is 0.462 e. The van der Waals surface area contributed by atoms with Crippen LogP contribution in [0, 0.1) is 5.41 Å². The Kier molecular flexibility index (Phi) is 4.65. The number of carbonyl (C=O) groups excluding carboxylic acids is 1. The summed E-state index contributed by atoms with van der Waals surface area (Å²) in [5, 5.41) is 2.97. The molecule has 3 aliphatic rings. The minimum atomic E-state index is -0.496. The van der Waals surface area contributed by atoms with E-state index in [-0.39, 0.29) is 17.3 Å². The van der Waals surface area contributed by atoms with Crippen LogP contribution in [0.5, 0.6) is 0 Å². The van der Waals surface area contributed by atoms with E-state index in [1.54, 1.807) is 12.3 Å². The highest BCUT2D eigenvalue weighted by Crippen LogP contribution is 2.49. The lowest BCUT2D eigenvalue weighted by molar-refractivity contribution is -0.112. The second kappa shape index (κ2) is 7.03. The van der Waals surface area contributed by atoms with Crippen LogP contribution in [0.4, 0.5) is 5.69 Å². The molecule has 0 radical (unpaired) electrons. The highest BCUT2D eigenvalue weighted by Gasteiger charge is 2.47. The van der Waals surface area contributed by atoms with E-state index in [1.165, 1.54) is 5.56 Å². The zero-order valence-corrected chi connectivity index (χ0v) is 17.0. The molecule has 29 heavy (non-hydrogen) atoms. The van der Waals surface area contributed by atoms with Gasteiger partial charge in [-0.05, 0) is 60.1 Å². The van der Waals surface area contributed by atoms with E-state index in [4.69, 9.17) is 10.5 Å². The Hall–Kier alpha value is -3.15. The third-order valence-electron chi connectivity index (χ3n) is 5.46. The van der Waals surface area contributed by atoms with Crippen molar-refractivity contribution >= 4 is 23.8 Å². The first kappa shape index (κ1) is 19.2. The number of allylic oxidation sites excluding steroid dienone is 5. The smallest absolute Gasteiger partial charge is 0.283 e. The molecule has 0 saturated carbocycles. The number of amidine groups is 1. The molecule has 1 aromatic carbocycles. The quantitative estimate of drug-likeness (QED) is 0.808. The van der Waals surface area contributed by atoms with E-state index < -0.39 is 5.54 Å². The van der Waals surface area contributed by atoms with Gasteiger partial charge in [0.25, 0.3) is 11.9 Å². The highest BCUT2D eigenvalue weighted by atomic mass is 16.5. The van der Waals surface area contributed by atoms with E-state index >= 15 is 0 Å². The lowest BCUT2D eigenvalue weighted by Gasteiger charge is -2.41. The molecule has 2 heterocycles. The molecule has 1 aromatic rings. The molecule has 1 atom stereocenters. The van der Waals surface area contributed by atoms with Crippen LogP contribution in [0.1, 0.15) is 38.3 Å². The van der Waals surface area contributed by atoms with Gasteiger partial charge < -0.3 is 15.8 Å². The van der Waals surface area contributed by atoms with E-state index in [1.807, 2.05) is 37.3 Å². The van der Waals surface area contributed by atoms with Crippen LogP contribution in [0.2, 0.25) is 0 Å². The van der Waals surface area contributed by atoms with Crippen molar-refractivity contribution in [3.63, 3.8) is 0 Å². The first-order valence-corrected chi connectivity index (χ1v) is 9.79. The Balaban J connectivity index is 1.64. The maximum Gasteiger partial charge on any atom is 0.283 e. The summed E-state index contributed by atoms with van der Waals surface area (Å²) >= 11 is 0. The standard InChI is InChI=1S/C23H26N4O2/c1-15-6-4-5-7-19(25-12-15)20(28)26-17-9-8-16-11-22(2,3)13-23(18(16)10-17)14-29-21(24)27-23/h4-10,12H,11,13-14H2,1-3H3,(H2,24,27)(H,26,28)/b5-4+,6-4?,7-5?,15-6+,15-12?,19-7-,25-12-,25-19?. The number of amides is 1. The second-order valence-electron chi connectivity index (χ2n) is 8.72. The van der Waals surface area contributed by atoms with Crippen LogP contribution in [0.15, 0.2) is 63.8 Å². The molecular formula is C23H26N4O2. The first-order valence-electron chi connectivity index (χ1n) is 9.79. The molecule has 1 unspecified atom stereocenters. The normalized spacial score (nSPS) is 30.4. The van der Waals surface area contributed by atoms with Gasteiger partial charge in [-0.1, -0.05) is 38.1 Å². The Bertz CT molecular complexity index is 1010. The molecule has 0 fully saturated rings. The summed E-state index contributed by atoms with van der Waals surface area (Å²) in [6.07, 6.45) is 10.8. The molecule has 0 bridgehead atoms. The van der Waals surface area contributed by atoms with Crippen molar-refractivity contribution < 1.29 is 9.53 Å². The van der Waals surface area contributed by atoms with Crippen LogP contribution in [-0.4, -0.2) is 24.8 Å². The van der Waals surface area contributed by atoms with E-state index in [0.717, 1.165) is 24.0 Å². The van der Waals surface area contributed by atoms with E-state index in [0.29, 0.717) is 18.0 Å². The molecule has 1 spiro atoms. The molecule has 6 nitrogen and oxygen atoms in total. The van der Waals surface area contributed by atoms with Crippen LogP contribution in [0.25, 0.3) is 0 Å². The van der Waals surface area contributed by atoms with Gasteiger partial charge in [-0.3, -0.25) is 9.79 Å². The number of carbonyl (C=O) groups is 1. The highest BCUT2D eigenvalue weighted by molar-refractivity contribution is 6.05.